The highest BCUT2D eigenvalue weighted by atomic mass is 16.5. The number of hydrogen-bond acceptors (Lipinski definition) is 6. The second-order valence-electron chi connectivity index (χ2n) is 7.97. The zero-order valence-corrected chi connectivity index (χ0v) is 15.4. The molecule has 142 valence electrons. The molecule has 0 atom stereocenters. The largest absolute Gasteiger partial charge is 0.376 e. The van der Waals surface area contributed by atoms with Gasteiger partial charge in [0.15, 0.2) is 0 Å². The molecule has 2 fully saturated rings. The molecule has 1 N–H and O–H groups in total. The lowest BCUT2D eigenvalue weighted by molar-refractivity contribution is 0.107. The first-order valence-corrected chi connectivity index (χ1v) is 10.1. The van der Waals surface area contributed by atoms with Gasteiger partial charge in [-0.1, -0.05) is 0 Å². The van der Waals surface area contributed by atoms with Gasteiger partial charge in [-0.05, 0) is 50.7 Å². The van der Waals surface area contributed by atoms with Gasteiger partial charge in [0.2, 0.25) is 0 Å². The van der Waals surface area contributed by atoms with Gasteiger partial charge >= 0.3 is 0 Å². The minimum Gasteiger partial charge on any atom is -0.376 e. The topological polar surface area (TPSA) is 81.9 Å². The number of hydrogen-bond donors (Lipinski definition) is 1. The molecule has 2 aliphatic carbocycles. The SMILES string of the molecule is O=c1cc2c(nn1C1CCC(Nc3ccc(C4CC4)nn3)CC1)CCOC2. The van der Waals surface area contributed by atoms with Crippen molar-refractivity contribution in [2.45, 2.75) is 69.6 Å². The van der Waals surface area contributed by atoms with Crippen LogP contribution >= 0.6 is 0 Å². The summed E-state index contributed by atoms with van der Waals surface area (Å²) in [6.45, 7) is 1.20. The second-order valence-corrected chi connectivity index (χ2v) is 7.97. The van der Waals surface area contributed by atoms with E-state index in [1.54, 1.807) is 10.7 Å². The third-order valence-electron chi connectivity index (χ3n) is 5.94. The summed E-state index contributed by atoms with van der Waals surface area (Å²) in [6, 6.07) is 6.42. The Kier molecular flexibility index (Phi) is 4.39. The molecule has 0 aromatic carbocycles. The van der Waals surface area contributed by atoms with Gasteiger partial charge in [-0.25, -0.2) is 4.68 Å². The van der Waals surface area contributed by atoms with Crippen molar-refractivity contribution in [3.8, 4) is 0 Å². The van der Waals surface area contributed by atoms with Crippen molar-refractivity contribution in [1.29, 1.82) is 0 Å². The monoisotopic (exact) mass is 367 g/mol. The van der Waals surface area contributed by atoms with Gasteiger partial charge in [0.05, 0.1) is 30.6 Å². The molecule has 7 nitrogen and oxygen atoms in total. The Balaban J connectivity index is 1.22. The minimum atomic E-state index is -0.00260. The molecule has 2 saturated carbocycles. The van der Waals surface area contributed by atoms with Gasteiger partial charge in [-0.2, -0.15) is 10.2 Å². The first-order valence-electron chi connectivity index (χ1n) is 10.1. The van der Waals surface area contributed by atoms with Crippen LogP contribution in [0.5, 0.6) is 0 Å². The molecule has 7 heteroatoms. The molecule has 0 unspecified atom stereocenters. The molecule has 2 aromatic rings. The fourth-order valence-electron chi connectivity index (χ4n) is 4.18. The first-order chi connectivity index (χ1) is 13.3. The average Bonchev–Trinajstić information content (AvgIpc) is 3.54. The van der Waals surface area contributed by atoms with E-state index in [9.17, 15) is 4.79 Å². The molecule has 0 spiro atoms. The molecule has 0 bridgehead atoms. The smallest absolute Gasteiger partial charge is 0.267 e. The summed E-state index contributed by atoms with van der Waals surface area (Å²) in [5.41, 5.74) is 3.09. The van der Waals surface area contributed by atoms with Crippen LogP contribution in [0.1, 0.15) is 67.4 Å². The van der Waals surface area contributed by atoms with Crippen LogP contribution in [0, 0.1) is 0 Å². The van der Waals surface area contributed by atoms with Gasteiger partial charge in [-0.3, -0.25) is 4.79 Å². The summed E-state index contributed by atoms with van der Waals surface area (Å²) in [5, 5.41) is 16.8. The Hall–Kier alpha value is -2.28. The predicted octanol–water partition coefficient (Wildman–Crippen LogP) is 2.58. The van der Waals surface area contributed by atoms with E-state index in [1.807, 2.05) is 6.07 Å². The summed E-state index contributed by atoms with van der Waals surface area (Å²) in [7, 11) is 0. The zero-order valence-electron chi connectivity index (χ0n) is 15.4. The lowest BCUT2D eigenvalue weighted by Gasteiger charge is -2.30. The Morgan fingerprint density at radius 1 is 1.07 bits per heavy atom. The molecule has 0 saturated heterocycles. The van der Waals surface area contributed by atoms with E-state index < -0.39 is 0 Å². The number of fused-ring (bicyclic) bond motifs is 1. The molecule has 3 aliphatic rings. The van der Waals surface area contributed by atoms with Crippen LogP contribution in [0.15, 0.2) is 23.0 Å². The van der Waals surface area contributed by atoms with Crippen LogP contribution in [0.4, 0.5) is 5.82 Å². The summed E-state index contributed by atoms with van der Waals surface area (Å²) in [5.74, 6) is 1.49. The number of aromatic nitrogens is 4. The second kappa shape index (κ2) is 7.03. The van der Waals surface area contributed by atoms with Gasteiger partial charge in [0.25, 0.3) is 5.56 Å². The van der Waals surface area contributed by atoms with Crippen molar-refractivity contribution < 1.29 is 4.74 Å². The van der Waals surface area contributed by atoms with E-state index in [2.05, 4.69) is 26.7 Å². The number of rotatable bonds is 4. The number of ether oxygens (including phenoxy) is 1. The molecular formula is C20H25N5O2. The minimum absolute atomic E-state index is 0.00260. The van der Waals surface area contributed by atoms with Crippen LogP contribution in [-0.2, 0) is 17.8 Å². The maximum Gasteiger partial charge on any atom is 0.267 e. The highest BCUT2D eigenvalue weighted by molar-refractivity contribution is 5.35. The van der Waals surface area contributed by atoms with Gasteiger partial charge in [-0.15, -0.1) is 5.10 Å². The van der Waals surface area contributed by atoms with Crippen LogP contribution in [0.25, 0.3) is 0 Å². The lowest BCUT2D eigenvalue weighted by atomic mass is 9.91. The van der Waals surface area contributed by atoms with Crippen LogP contribution in [0.2, 0.25) is 0 Å². The highest BCUT2D eigenvalue weighted by Crippen LogP contribution is 2.38. The van der Waals surface area contributed by atoms with Crippen molar-refractivity contribution >= 4 is 5.82 Å². The van der Waals surface area contributed by atoms with Gasteiger partial charge in [0.1, 0.15) is 5.82 Å². The van der Waals surface area contributed by atoms with Crippen LogP contribution < -0.4 is 10.9 Å². The van der Waals surface area contributed by atoms with E-state index >= 15 is 0 Å². The highest BCUT2D eigenvalue weighted by Gasteiger charge is 2.27. The fourth-order valence-corrected chi connectivity index (χ4v) is 4.18. The molecule has 27 heavy (non-hydrogen) atoms. The number of anilines is 1. The number of nitrogens with one attached hydrogen (secondary N) is 1. The summed E-state index contributed by atoms with van der Waals surface area (Å²) in [6.07, 6.45) is 7.20. The van der Waals surface area contributed by atoms with Crippen molar-refractivity contribution in [3.05, 3.63) is 45.5 Å². The van der Waals surface area contributed by atoms with Crippen molar-refractivity contribution in [3.63, 3.8) is 0 Å². The summed E-state index contributed by atoms with van der Waals surface area (Å²) in [4.78, 5) is 12.5. The Morgan fingerprint density at radius 2 is 1.93 bits per heavy atom. The molecule has 3 heterocycles. The van der Waals surface area contributed by atoms with E-state index in [-0.39, 0.29) is 11.6 Å². The molecule has 5 rings (SSSR count). The quantitative estimate of drug-likeness (QED) is 0.894. The Bertz CT molecular complexity index is 867. The van der Waals surface area contributed by atoms with Crippen molar-refractivity contribution in [2.24, 2.45) is 0 Å². The average molecular weight is 367 g/mol. The first kappa shape index (κ1) is 16.9. The van der Waals surface area contributed by atoms with Crippen LogP contribution in [0.3, 0.4) is 0 Å². The maximum atomic E-state index is 12.5. The van der Waals surface area contributed by atoms with Gasteiger partial charge < -0.3 is 10.1 Å². The summed E-state index contributed by atoms with van der Waals surface area (Å²) >= 11 is 0. The zero-order chi connectivity index (χ0) is 18.2. The number of nitrogens with zero attached hydrogens (tertiary/aromatic N) is 4. The molecule has 1 aliphatic heterocycles. The third-order valence-corrected chi connectivity index (χ3v) is 5.94. The van der Waals surface area contributed by atoms with E-state index in [4.69, 9.17) is 4.74 Å². The van der Waals surface area contributed by atoms with E-state index in [0.717, 1.165) is 54.9 Å². The molecule has 0 amide bonds. The third kappa shape index (κ3) is 3.60. The maximum absolute atomic E-state index is 12.5. The molecule has 2 aromatic heterocycles. The van der Waals surface area contributed by atoms with Crippen molar-refractivity contribution in [1.82, 2.24) is 20.0 Å². The molecular weight excluding hydrogens is 342 g/mol. The normalized spacial score (nSPS) is 25.0. The Morgan fingerprint density at radius 3 is 2.67 bits per heavy atom. The standard InChI is InChI=1S/C20H25N5O2/c26-20-11-14-12-27-10-9-18(14)24-25(20)16-5-3-15(4-6-16)21-19-8-7-17(22-23-19)13-1-2-13/h7-8,11,13,15-16H,1-6,9-10,12H2,(H,21,23). The van der Waals surface area contributed by atoms with E-state index in [1.165, 1.54) is 12.8 Å². The lowest BCUT2D eigenvalue weighted by Crippen LogP contribution is -2.35. The fraction of sp³-hybridized carbons (Fsp3) is 0.600. The van der Waals surface area contributed by atoms with Crippen LogP contribution in [-0.4, -0.2) is 32.6 Å². The summed E-state index contributed by atoms with van der Waals surface area (Å²) < 4.78 is 7.14. The predicted molar refractivity (Wildman–Crippen MR) is 101 cm³/mol. The Labute approximate surface area is 158 Å². The van der Waals surface area contributed by atoms with Crippen molar-refractivity contribution in [2.75, 3.05) is 11.9 Å². The van der Waals surface area contributed by atoms with E-state index in [0.29, 0.717) is 25.2 Å². The molecule has 0 radical (unpaired) electrons. The van der Waals surface area contributed by atoms with Gasteiger partial charge in [0, 0.05) is 30.0 Å².